The number of benzene rings is 1. The molecule has 0 N–H and O–H groups in total. The fourth-order valence-corrected chi connectivity index (χ4v) is 2.57. The molecule has 1 aliphatic rings. The minimum atomic E-state index is 0.131. The van der Waals surface area contributed by atoms with Gasteiger partial charge in [-0.05, 0) is 60.1 Å². The van der Waals surface area contributed by atoms with E-state index >= 15 is 0 Å². The topological polar surface area (TPSA) is 29.5 Å². The zero-order valence-corrected chi connectivity index (χ0v) is 13.0. The van der Waals surface area contributed by atoms with Crippen LogP contribution in [0.15, 0.2) is 36.4 Å². The van der Waals surface area contributed by atoms with Crippen LogP contribution in [0.1, 0.15) is 19.3 Å². The van der Waals surface area contributed by atoms with Gasteiger partial charge in [-0.25, -0.2) is 0 Å². The molecule has 102 valence electrons. The maximum Gasteiger partial charge on any atom is 0.246 e. The highest BCUT2D eigenvalue weighted by Crippen LogP contribution is 2.19. The normalized spacial score (nSPS) is 15.1. The lowest BCUT2D eigenvalue weighted by atomic mass is 10.3. The van der Waals surface area contributed by atoms with E-state index in [4.69, 9.17) is 4.74 Å². The van der Waals surface area contributed by atoms with Gasteiger partial charge in [-0.15, -0.1) is 0 Å². The highest BCUT2D eigenvalue weighted by atomic mass is 127. The van der Waals surface area contributed by atoms with E-state index < -0.39 is 0 Å². The summed E-state index contributed by atoms with van der Waals surface area (Å²) in [6.45, 7) is 2.41. The maximum absolute atomic E-state index is 11.7. The first-order chi connectivity index (χ1) is 9.27. The second kappa shape index (κ2) is 7.53. The number of halogens is 1. The largest absolute Gasteiger partial charge is 0.492 e. The molecule has 1 aromatic rings. The van der Waals surface area contributed by atoms with Gasteiger partial charge < -0.3 is 9.64 Å². The minimum absolute atomic E-state index is 0.131. The van der Waals surface area contributed by atoms with Crippen molar-refractivity contribution in [2.24, 2.45) is 0 Å². The number of rotatable bonds is 5. The number of nitrogens with zero attached hydrogens (tertiary/aromatic N) is 1. The number of carbonyl (C=O) groups is 1. The SMILES string of the molecule is O=C(/C=C/CCOc1ccccc1I)N1CCCC1. The number of likely N-dealkylation sites (tertiary alicyclic amines) is 1. The predicted octanol–water partition coefficient (Wildman–Crippen LogP) is 3.24. The van der Waals surface area contributed by atoms with Crippen LogP contribution >= 0.6 is 22.6 Å². The van der Waals surface area contributed by atoms with Crippen LogP contribution < -0.4 is 4.74 Å². The third kappa shape index (κ3) is 4.53. The summed E-state index contributed by atoms with van der Waals surface area (Å²) in [6.07, 6.45) is 6.59. The highest BCUT2D eigenvalue weighted by Gasteiger charge is 2.14. The van der Waals surface area contributed by atoms with Crippen molar-refractivity contribution >= 4 is 28.5 Å². The third-order valence-electron chi connectivity index (χ3n) is 3.06. The number of amides is 1. The van der Waals surface area contributed by atoms with Crippen LogP contribution in [0.5, 0.6) is 5.75 Å². The first kappa shape index (κ1) is 14.4. The van der Waals surface area contributed by atoms with Crippen LogP contribution in [0.25, 0.3) is 0 Å². The van der Waals surface area contributed by atoms with Crippen LogP contribution in [0.4, 0.5) is 0 Å². The Balaban J connectivity index is 1.69. The van der Waals surface area contributed by atoms with Crippen molar-refractivity contribution in [3.05, 3.63) is 40.0 Å². The highest BCUT2D eigenvalue weighted by molar-refractivity contribution is 14.1. The Hall–Kier alpha value is -1.04. The summed E-state index contributed by atoms with van der Waals surface area (Å²) in [5.74, 6) is 1.04. The molecule has 0 atom stereocenters. The minimum Gasteiger partial charge on any atom is -0.492 e. The summed E-state index contributed by atoms with van der Waals surface area (Å²) < 4.78 is 6.77. The second-order valence-corrected chi connectivity index (χ2v) is 5.66. The van der Waals surface area contributed by atoms with Crippen molar-refractivity contribution in [2.75, 3.05) is 19.7 Å². The number of ether oxygens (including phenoxy) is 1. The van der Waals surface area contributed by atoms with Crippen LogP contribution in [0, 0.1) is 3.57 Å². The quantitative estimate of drug-likeness (QED) is 0.452. The average Bonchev–Trinajstić information content (AvgIpc) is 2.94. The van der Waals surface area contributed by atoms with E-state index in [2.05, 4.69) is 22.6 Å². The first-order valence-electron chi connectivity index (χ1n) is 6.60. The Bertz CT molecular complexity index is 453. The summed E-state index contributed by atoms with van der Waals surface area (Å²) >= 11 is 2.25. The number of hydrogen-bond acceptors (Lipinski definition) is 2. The Labute approximate surface area is 127 Å². The smallest absolute Gasteiger partial charge is 0.246 e. The van der Waals surface area contributed by atoms with E-state index in [9.17, 15) is 4.79 Å². The average molecular weight is 371 g/mol. The molecule has 1 amide bonds. The predicted molar refractivity (Wildman–Crippen MR) is 84.2 cm³/mol. The van der Waals surface area contributed by atoms with Gasteiger partial charge in [0.1, 0.15) is 5.75 Å². The zero-order valence-electron chi connectivity index (χ0n) is 10.8. The molecule has 0 saturated carbocycles. The first-order valence-corrected chi connectivity index (χ1v) is 7.68. The van der Waals surface area contributed by atoms with Gasteiger partial charge in [0, 0.05) is 13.1 Å². The zero-order chi connectivity index (χ0) is 13.5. The molecular formula is C15H18INO2. The van der Waals surface area contributed by atoms with Gasteiger partial charge >= 0.3 is 0 Å². The molecule has 3 nitrogen and oxygen atoms in total. The van der Waals surface area contributed by atoms with Gasteiger partial charge in [-0.1, -0.05) is 18.2 Å². The van der Waals surface area contributed by atoms with Crippen molar-refractivity contribution in [1.82, 2.24) is 4.90 Å². The van der Waals surface area contributed by atoms with E-state index in [1.807, 2.05) is 35.2 Å². The summed E-state index contributed by atoms with van der Waals surface area (Å²) in [5, 5.41) is 0. The molecule has 0 bridgehead atoms. The molecule has 1 saturated heterocycles. The van der Waals surface area contributed by atoms with Gasteiger partial charge in [0.2, 0.25) is 5.91 Å². The fourth-order valence-electron chi connectivity index (χ4n) is 2.03. The summed E-state index contributed by atoms with van der Waals surface area (Å²) in [4.78, 5) is 13.6. The number of hydrogen-bond donors (Lipinski definition) is 0. The molecule has 0 spiro atoms. The van der Waals surface area contributed by atoms with Gasteiger partial charge in [0.15, 0.2) is 0 Å². The van der Waals surface area contributed by atoms with E-state index in [0.717, 1.165) is 41.7 Å². The summed E-state index contributed by atoms with van der Waals surface area (Å²) in [6, 6.07) is 7.93. The van der Waals surface area contributed by atoms with Crippen molar-refractivity contribution in [3.8, 4) is 5.75 Å². The van der Waals surface area contributed by atoms with E-state index in [1.54, 1.807) is 6.08 Å². The number of para-hydroxylation sites is 1. The molecule has 0 radical (unpaired) electrons. The van der Waals surface area contributed by atoms with Crippen molar-refractivity contribution < 1.29 is 9.53 Å². The van der Waals surface area contributed by atoms with E-state index in [0.29, 0.717) is 6.61 Å². The van der Waals surface area contributed by atoms with E-state index in [1.165, 1.54) is 0 Å². The Kier molecular flexibility index (Phi) is 5.69. The lowest BCUT2D eigenvalue weighted by molar-refractivity contribution is -0.125. The molecule has 0 aliphatic carbocycles. The Morgan fingerprint density at radius 1 is 1.32 bits per heavy atom. The van der Waals surface area contributed by atoms with Crippen molar-refractivity contribution in [2.45, 2.75) is 19.3 Å². The molecule has 1 heterocycles. The lowest BCUT2D eigenvalue weighted by Gasteiger charge is -2.11. The summed E-state index contributed by atoms with van der Waals surface area (Å²) in [5.41, 5.74) is 0. The molecule has 1 fully saturated rings. The molecule has 4 heteroatoms. The van der Waals surface area contributed by atoms with Crippen LogP contribution in [0.3, 0.4) is 0 Å². The van der Waals surface area contributed by atoms with Gasteiger partial charge in [-0.2, -0.15) is 0 Å². The molecular weight excluding hydrogens is 353 g/mol. The van der Waals surface area contributed by atoms with Gasteiger partial charge in [-0.3, -0.25) is 4.79 Å². The van der Waals surface area contributed by atoms with Gasteiger partial charge in [0.05, 0.1) is 10.2 Å². The standard InChI is InChI=1S/C15H18INO2/c16-13-7-1-2-8-14(13)19-12-6-3-9-15(18)17-10-4-5-11-17/h1-3,7-9H,4-6,10-12H2/b9-3+. The van der Waals surface area contributed by atoms with Crippen molar-refractivity contribution in [1.29, 1.82) is 0 Å². The second-order valence-electron chi connectivity index (χ2n) is 4.50. The third-order valence-corrected chi connectivity index (χ3v) is 3.95. The molecule has 0 aromatic heterocycles. The van der Waals surface area contributed by atoms with Crippen LogP contribution in [-0.2, 0) is 4.79 Å². The summed E-state index contributed by atoms with van der Waals surface area (Å²) in [7, 11) is 0. The van der Waals surface area contributed by atoms with Crippen molar-refractivity contribution in [3.63, 3.8) is 0 Å². The number of carbonyl (C=O) groups excluding carboxylic acids is 1. The Morgan fingerprint density at radius 3 is 2.79 bits per heavy atom. The molecule has 1 aromatic carbocycles. The molecule has 2 rings (SSSR count). The van der Waals surface area contributed by atoms with E-state index in [-0.39, 0.29) is 5.91 Å². The molecule has 1 aliphatic heterocycles. The molecule has 19 heavy (non-hydrogen) atoms. The lowest BCUT2D eigenvalue weighted by Crippen LogP contribution is -2.25. The van der Waals surface area contributed by atoms with Gasteiger partial charge in [0.25, 0.3) is 0 Å². The van der Waals surface area contributed by atoms with Crippen LogP contribution in [-0.4, -0.2) is 30.5 Å². The van der Waals surface area contributed by atoms with Crippen LogP contribution in [0.2, 0.25) is 0 Å². The fraction of sp³-hybridized carbons (Fsp3) is 0.400. The maximum atomic E-state index is 11.7. The molecule has 0 unspecified atom stereocenters. The monoisotopic (exact) mass is 371 g/mol. The Morgan fingerprint density at radius 2 is 2.05 bits per heavy atom.